The number of benzene rings is 3. The normalized spacial score (nSPS) is 11.0. The first-order valence-electron chi connectivity index (χ1n) is 10.8. The zero-order valence-electron chi connectivity index (χ0n) is 19.0. The van der Waals surface area contributed by atoms with Crippen LogP contribution in [0.15, 0.2) is 86.8 Å². The van der Waals surface area contributed by atoms with Crippen molar-refractivity contribution in [2.24, 2.45) is 0 Å². The van der Waals surface area contributed by atoms with Crippen LogP contribution in [-0.2, 0) is 11.3 Å². The van der Waals surface area contributed by atoms with E-state index in [-0.39, 0.29) is 17.6 Å². The molecule has 0 radical (unpaired) electrons. The van der Waals surface area contributed by atoms with Gasteiger partial charge in [-0.25, -0.2) is 9.36 Å². The van der Waals surface area contributed by atoms with Crippen LogP contribution in [-0.4, -0.2) is 29.3 Å². The lowest BCUT2D eigenvalue weighted by molar-refractivity contribution is -0.116. The summed E-state index contributed by atoms with van der Waals surface area (Å²) in [5.74, 6) is 0.496. The summed E-state index contributed by atoms with van der Waals surface area (Å²) in [6.07, 6.45) is 0. The second-order valence-corrected chi connectivity index (χ2v) is 7.74. The first-order chi connectivity index (χ1) is 17.0. The summed E-state index contributed by atoms with van der Waals surface area (Å²) in [5.41, 5.74) is 0.300. The molecule has 0 saturated carbocycles. The molecule has 2 aromatic heterocycles. The van der Waals surface area contributed by atoms with Crippen LogP contribution < -0.4 is 26.0 Å². The summed E-state index contributed by atoms with van der Waals surface area (Å²) in [5, 5.41) is 3.34. The lowest BCUT2D eigenvalue weighted by Crippen LogP contribution is -2.40. The van der Waals surface area contributed by atoms with E-state index < -0.39 is 17.2 Å². The van der Waals surface area contributed by atoms with E-state index in [0.717, 1.165) is 4.57 Å². The molecular weight excluding hydrogens is 450 g/mol. The number of anilines is 1. The monoisotopic (exact) mass is 471 g/mol. The third-order valence-corrected chi connectivity index (χ3v) is 5.64. The number of para-hydroxylation sites is 2. The average Bonchev–Trinajstić information content (AvgIpc) is 3.27. The van der Waals surface area contributed by atoms with Gasteiger partial charge in [0, 0.05) is 17.1 Å². The SMILES string of the molecule is COc1ccc(NC(=O)Cn2c(=O)n(-c3ccccc3)c(=O)c3oc4ccccc4c32)cc1OC. The molecule has 35 heavy (non-hydrogen) atoms. The molecule has 1 N–H and O–H groups in total. The topological polar surface area (TPSA) is 105 Å². The van der Waals surface area contributed by atoms with Crippen molar-refractivity contribution < 1.29 is 18.7 Å². The fourth-order valence-corrected chi connectivity index (χ4v) is 4.06. The lowest BCUT2D eigenvalue weighted by Gasteiger charge is -2.13. The van der Waals surface area contributed by atoms with Crippen LogP contribution in [0.2, 0.25) is 0 Å². The molecule has 2 heterocycles. The fourth-order valence-electron chi connectivity index (χ4n) is 4.06. The molecule has 176 valence electrons. The number of nitrogens with one attached hydrogen (secondary N) is 1. The predicted octanol–water partition coefficient (Wildman–Crippen LogP) is 3.55. The van der Waals surface area contributed by atoms with Crippen LogP contribution in [0.1, 0.15) is 0 Å². The summed E-state index contributed by atoms with van der Waals surface area (Å²) < 4.78 is 18.6. The van der Waals surface area contributed by atoms with Crippen LogP contribution in [0.3, 0.4) is 0 Å². The Hall–Kier alpha value is -4.79. The molecular formula is C26H21N3O6. The highest BCUT2D eigenvalue weighted by molar-refractivity contribution is 6.03. The van der Waals surface area contributed by atoms with Crippen LogP contribution in [0, 0.1) is 0 Å². The van der Waals surface area contributed by atoms with Gasteiger partial charge in [-0.15, -0.1) is 0 Å². The van der Waals surface area contributed by atoms with Gasteiger partial charge in [0.2, 0.25) is 11.5 Å². The van der Waals surface area contributed by atoms with Gasteiger partial charge in [0.1, 0.15) is 17.6 Å². The van der Waals surface area contributed by atoms with Crippen molar-refractivity contribution in [3.05, 3.63) is 93.6 Å². The Morgan fingerprint density at radius 2 is 1.63 bits per heavy atom. The Morgan fingerprint density at radius 1 is 0.914 bits per heavy atom. The molecule has 5 rings (SSSR count). The smallest absolute Gasteiger partial charge is 0.336 e. The number of hydrogen-bond acceptors (Lipinski definition) is 6. The van der Waals surface area contributed by atoms with Crippen LogP contribution in [0.5, 0.6) is 11.5 Å². The first-order valence-corrected chi connectivity index (χ1v) is 10.8. The number of nitrogens with zero attached hydrogens (tertiary/aromatic N) is 2. The van der Waals surface area contributed by atoms with Crippen molar-refractivity contribution in [3.8, 4) is 17.2 Å². The molecule has 0 fully saturated rings. The number of aromatic nitrogens is 2. The van der Waals surface area contributed by atoms with Crippen molar-refractivity contribution in [2.45, 2.75) is 6.54 Å². The fraction of sp³-hybridized carbons (Fsp3) is 0.115. The van der Waals surface area contributed by atoms with E-state index in [1.54, 1.807) is 72.8 Å². The van der Waals surface area contributed by atoms with Crippen molar-refractivity contribution in [3.63, 3.8) is 0 Å². The molecule has 0 saturated heterocycles. The zero-order valence-corrected chi connectivity index (χ0v) is 19.0. The number of amides is 1. The molecule has 5 aromatic rings. The molecule has 0 aliphatic rings. The van der Waals surface area contributed by atoms with Crippen LogP contribution in [0.4, 0.5) is 5.69 Å². The molecule has 0 unspecified atom stereocenters. The summed E-state index contributed by atoms with van der Waals surface area (Å²) in [7, 11) is 3.02. The zero-order chi connectivity index (χ0) is 24.5. The number of fused-ring (bicyclic) bond motifs is 3. The second kappa shape index (κ2) is 8.86. The van der Waals surface area contributed by atoms with Crippen molar-refractivity contribution in [1.82, 2.24) is 9.13 Å². The van der Waals surface area contributed by atoms with Gasteiger partial charge in [0.05, 0.1) is 19.9 Å². The molecule has 1 amide bonds. The first kappa shape index (κ1) is 22.0. The highest BCUT2D eigenvalue weighted by Gasteiger charge is 2.22. The average molecular weight is 471 g/mol. The van der Waals surface area contributed by atoms with Gasteiger partial charge >= 0.3 is 11.2 Å². The van der Waals surface area contributed by atoms with Crippen molar-refractivity contribution in [2.75, 3.05) is 19.5 Å². The van der Waals surface area contributed by atoms with Gasteiger partial charge in [-0.1, -0.05) is 30.3 Å². The van der Waals surface area contributed by atoms with Gasteiger partial charge < -0.3 is 19.2 Å². The number of hydrogen-bond donors (Lipinski definition) is 1. The molecule has 0 spiro atoms. The van der Waals surface area contributed by atoms with Crippen molar-refractivity contribution >= 4 is 33.7 Å². The van der Waals surface area contributed by atoms with E-state index in [0.29, 0.717) is 33.8 Å². The van der Waals surface area contributed by atoms with E-state index in [2.05, 4.69) is 5.32 Å². The van der Waals surface area contributed by atoms with Crippen molar-refractivity contribution in [1.29, 1.82) is 0 Å². The van der Waals surface area contributed by atoms with E-state index >= 15 is 0 Å². The van der Waals surface area contributed by atoms with E-state index in [1.165, 1.54) is 18.8 Å². The van der Waals surface area contributed by atoms with Gasteiger partial charge in [0.25, 0.3) is 0 Å². The maximum atomic E-state index is 13.6. The second-order valence-electron chi connectivity index (χ2n) is 7.74. The van der Waals surface area contributed by atoms with Gasteiger partial charge in [-0.05, 0) is 36.4 Å². The van der Waals surface area contributed by atoms with Crippen LogP contribution >= 0.6 is 0 Å². The van der Waals surface area contributed by atoms with E-state index in [9.17, 15) is 14.4 Å². The summed E-state index contributed by atoms with van der Waals surface area (Å²) in [6.45, 7) is -0.347. The Morgan fingerprint density at radius 3 is 2.37 bits per heavy atom. The quantitative estimate of drug-likeness (QED) is 0.406. The number of rotatable bonds is 6. The molecule has 0 atom stereocenters. The third kappa shape index (κ3) is 3.82. The maximum Gasteiger partial charge on any atom is 0.336 e. The highest BCUT2D eigenvalue weighted by Crippen LogP contribution is 2.30. The minimum Gasteiger partial charge on any atom is -0.493 e. The third-order valence-electron chi connectivity index (χ3n) is 5.64. The lowest BCUT2D eigenvalue weighted by atomic mass is 10.2. The predicted molar refractivity (Wildman–Crippen MR) is 132 cm³/mol. The Labute approximate surface area is 198 Å². The van der Waals surface area contributed by atoms with Gasteiger partial charge in [-0.3, -0.25) is 14.2 Å². The van der Waals surface area contributed by atoms with Crippen LogP contribution in [0.25, 0.3) is 27.8 Å². The number of carbonyl (C=O) groups excluding carboxylic acids is 1. The molecule has 0 aliphatic carbocycles. The summed E-state index contributed by atoms with van der Waals surface area (Å²) >= 11 is 0. The van der Waals surface area contributed by atoms with E-state index in [1.807, 2.05) is 0 Å². The number of ether oxygens (including phenoxy) is 2. The molecule has 0 bridgehead atoms. The Kier molecular flexibility index (Phi) is 5.58. The molecule has 9 heteroatoms. The maximum absolute atomic E-state index is 13.6. The summed E-state index contributed by atoms with van der Waals surface area (Å²) in [4.78, 5) is 40.0. The number of carbonyl (C=O) groups is 1. The minimum atomic E-state index is -0.650. The minimum absolute atomic E-state index is 0.00595. The number of methoxy groups -OCH3 is 2. The summed E-state index contributed by atoms with van der Waals surface area (Å²) in [6, 6.07) is 20.5. The number of furan rings is 1. The Bertz CT molecular complexity index is 1680. The highest BCUT2D eigenvalue weighted by atomic mass is 16.5. The molecule has 3 aromatic carbocycles. The standard InChI is InChI=1S/C26H21N3O6/c1-33-20-13-12-16(14-21(20)34-2)27-22(30)15-28-23-18-10-6-7-11-19(18)35-24(23)25(31)29(26(28)32)17-8-4-3-5-9-17/h3-14H,15H2,1-2H3,(H,27,30). The molecule has 9 nitrogen and oxygen atoms in total. The Balaban J connectivity index is 1.64. The largest absolute Gasteiger partial charge is 0.493 e. The van der Waals surface area contributed by atoms with E-state index in [4.69, 9.17) is 13.9 Å². The molecule has 0 aliphatic heterocycles. The van der Waals surface area contributed by atoms with Gasteiger partial charge in [-0.2, -0.15) is 0 Å². The van der Waals surface area contributed by atoms with Gasteiger partial charge in [0.15, 0.2) is 11.5 Å².